The average molecular weight is 402 g/mol. The number of rotatable bonds is 6. The molecule has 0 aliphatic heterocycles. The van der Waals surface area contributed by atoms with Crippen molar-refractivity contribution >= 4 is 28.7 Å². The first-order valence-corrected chi connectivity index (χ1v) is 8.84. The summed E-state index contributed by atoms with van der Waals surface area (Å²) in [5.74, 6) is -0.0140. The van der Waals surface area contributed by atoms with Gasteiger partial charge in [0.15, 0.2) is 5.82 Å². The summed E-state index contributed by atoms with van der Waals surface area (Å²) >= 11 is 0. The number of nitrogens with one attached hydrogen (secondary N) is 1. The van der Waals surface area contributed by atoms with Gasteiger partial charge in [-0.3, -0.25) is 14.9 Å². The molecule has 0 atom stereocenters. The highest BCUT2D eigenvalue weighted by molar-refractivity contribution is 5.87. The van der Waals surface area contributed by atoms with Gasteiger partial charge in [0.05, 0.1) is 23.1 Å². The fourth-order valence-electron chi connectivity index (χ4n) is 2.90. The van der Waals surface area contributed by atoms with Gasteiger partial charge in [-0.25, -0.2) is 14.4 Å². The number of hydrogen-bond acceptors (Lipinski definition) is 6. The van der Waals surface area contributed by atoms with E-state index in [1.54, 1.807) is 35.1 Å². The highest BCUT2D eigenvalue weighted by atomic mass is 19.1. The molecule has 30 heavy (non-hydrogen) atoms. The van der Waals surface area contributed by atoms with Crippen LogP contribution >= 0.6 is 0 Å². The summed E-state index contributed by atoms with van der Waals surface area (Å²) < 4.78 is 21.9. The molecule has 1 N–H and O–H groups in total. The molecule has 148 valence electrons. The van der Waals surface area contributed by atoms with Gasteiger partial charge in [-0.15, -0.1) is 0 Å². The van der Waals surface area contributed by atoms with E-state index < -0.39 is 5.82 Å². The Morgan fingerprint density at radius 3 is 2.80 bits per heavy atom. The van der Waals surface area contributed by atoms with Crippen LogP contribution in [0.2, 0.25) is 0 Å². The Balaban J connectivity index is 1.54. The minimum Gasteiger partial charge on any atom is -0.457 e. The van der Waals surface area contributed by atoms with Gasteiger partial charge < -0.3 is 4.74 Å². The lowest BCUT2D eigenvalue weighted by Gasteiger charge is -2.20. The minimum absolute atomic E-state index is 0.0909. The molecule has 2 aromatic heterocycles. The maximum atomic E-state index is 14.6. The van der Waals surface area contributed by atoms with Crippen molar-refractivity contribution < 1.29 is 13.9 Å². The zero-order valence-corrected chi connectivity index (χ0v) is 15.8. The summed E-state index contributed by atoms with van der Waals surface area (Å²) in [7, 11) is 1.82. The molecule has 0 fully saturated rings. The molecule has 8 nitrogen and oxygen atoms in total. The van der Waals surface area contributed by atoms with Gasteiger partial charge in [0.2, 0.25) is 6.41 Å². The number of amides is 1. The molecule has 0 unspecified atom stereocenters. The van der Waals surface area contributed by atoms with Crippen molar-refractivity contribution in [2.45, 2.75) is 0 Å². The molecular formula is C21H15FN6O2. The van der Waals surface area contributed by atoms with Crippen LogP contribution < -0.4 is 15.2 Å². The number of hydrogen-bond donors (Lipinski definition) is 1. The van der Waals surface area contributed by atoms with E-state index in [9.17, 15) is 9.18 Å². The van der Waals surface area contributed by atoms with E-state index in [2.05, 4.69) is 15.5 Å². The van der Waals surface area contributed by atoms with Crippen LogP contribution in [0.3, 0.4) is 0 Å². The number of fused-ring (bicyclic) bond motifs is 1. The topological polar surface area (TPSA) is 96.1 Å². The van der Waals surface area contributed by atoms with Crippen molar-refractivity contribution in [1.29, 1.82) is 5.26 Å². The Kier molecular flexibility index (Phi) is 4.97. The second-order valence-corrected chi connectivity index (χ2v) is 6.33. The molecule has 0 spiro atoms. The van der Waals surface area contributed by atoms with Gasteiger partial charge in [-0.05, 0) is 36.4 Å². The average Bonchev–Trinajstić information content (AvgIpc) is 3.13. The third-order valence-electron chi connectivity index (χ3n) is 4.38. The normalized spacial score (nSPS) is 10.4. The predicted octanol–water partition coefficient (Wildman–Crippen LogP) is 3.76. The monoisotopic (exact) mass is 402 g/mol. The number of carbonyl (C=O) groups excluding carboxylic acids is 1. The number of carbonyl (C=O) groups is 1. The fraction of sp³-hybridized carbons (Fsp3) is 0.0476. The van der Waals surface area contributed by atoms with Gasteiger partial charge >= 0.3 is 0 Å². The lowest BCUT2D eigenvalue weighted by molar-refractivity contribution is -0.107. The van der Waals surface area contributed by atoms with Gasteiger partial charge in [0.25, 0.3) is 0 Å². The first-order valence-electron chi connectivity index (χ1n) is 8.84. The minimum atomic E-state index is -0.614. The first kappa shape index (κ1) is 18.9. The van der Waals surface area contributed by atoms with Gasteiger partial charge in [-0.1, -0.05) is 0 Å². The molecule has 0 aliphatic rings. The van der Waals surface area contributed by atoms with Crippen LogP contribution in [0.1, 0.15) is 5.69 Å². The maximum absolute atomic E-state index is 14.6. The van der Waals surface area contributed by atoms with Crippen molar-refractivity contribution in [3.8, 4) is 17.6 Å². The van der Waals surface area contributed by atoms with E-state index in [0.717, 1.165) is 10.9 Å². The Bertz CT molecular complexity index is 1280. The number of nitrogens with zero attached hydrogens (tertiary/aromatic N) is 5. The lowest BCUT2D eigenvalue weighted by Crippen LogP contribution is -2.28. The van der Waals surface area contributed by atoms with E-state index in [-0.39, 0.29) is 17.1 Å². The van der Waals surface area contributed by atoms with Crippen molar-refractivity contribution in [1.82, 2.24) is 14.8 Å². The highest BCUT2D eigenvalue weighted by Gasteiger charge is 2.12. The van der Waals surface area contributed by atoms with Gasteiger partial charge in [0, 0.05) is 30.8 Å². The number of ether oxygens (including phenoxy) is 1. The molecule has 2 aromatic carbocycles. The molecule has 0 saturated heterocycles. The van der Waals surface area contributed by atoms with E-state index in [0.29, 0.717) is 17.8 Å². The summed E-state index contributed by atoms with van der Waals surface area (Å²) in [6, 6.07) is 14.4. The SMILES string of the molecule is Cn1ncc2cc(N(C=O)Nc3ccc(Oc4ccnc(C#N)c4)cc3F)ccc21. The fourth-order valence-corrected chi connectivity index (χ4v) is 2.90. The van der Waals surface area contributed by atoms with Crippen LogP contribution in [-0.4, -0.2) is 21.2 Å². The summed E-state index contributed by atoms with van der Waals surface area (Å²) in [5.41, 5.74) is 4.48. The maximum Gasteiger partial charge on any atom is 0.232 e. The first-order chi connectivity index (χ1) is 14.6. The summed E-state index contributed by atoms with van der Waals surface area (Å²) in [6.07, 6.45) is 3.67. The third-order valence-corrected chi connectivity index (χ3v) is 4.38. The number of anilines is 2. The van der Waals surface area contributed by atoms with Crippen LogP contribution in [-0.2, 0) is 11.8 Å². The van der Waals surface area contributed by atoms with E-state index in [1.807, 2.05) is 19.2 Å². The molecule has 0 aliphatic carbocycles. The largest absolute Gasteiger partial charge is 0.457 e. The van der Waals surface area contributed by atoms with Crippen molar-refractivity contribution in [3.63, 3.8) is 0 Å². The molecule has 4 rings (SSSR count). The molecule has 4 aromatic rings. The van der Waals surface area contributed by atoms with E-state index >= 15 is 0 Å². The summed E-state index contributed by atoms with van der Waals surface area (Å²) in [6.45, 7) is 0. The van der Waals surface area contributed by atoms with Crippen LogP contribution in [0.5, 0.6) is 11.5 Å². The van der Waals surface area contributed by atoms with Crippen LogP contribution in [0.4, 0.5) is 15.8 Å². The second kappa shape index (κ2) is 7.89. The molecule has 2 heterocycles. The smallest absolute Gasteiger partial charge is 0.232 e. The van der Waals surface area contributed by atoms with E-state index in [4.69, 9.17) is 10.00 Å². The zero-order chi connectivity index (χ0) is 21.1. The van der Waals surface area contributed by atoms with Crippen molar-refractivity contribution in [3.05, 3.63) is 72.4 Å². The number of nitriles is 1. The number of hydrazine groups is 1. The number of aromatic nitrogens is 3. The quantitative estimate of drug-likeness (QED) is 0.390. The second-order valence-electron chi connectivity index (χ2n) is 6.33. The summed E-state index contributed by atoms with van der Waals surface area (Å²) in [4.78, 5) is 15.4. The van der Waals surface area contributed by atoms with Crippen molar-refractivity contribution in [2.24, 2.45) is 7.05 Å². The van der Waals surface area contributed by atoms with Crippen LogP contribution in [0.25, 0.3) is 10.9 Å². The van der Waals surface area contributed by atoms with Crippen molar-refractivity contribution in [2.75, 3.05) is 10.4 Å². The zero-order valence-electron chi connectivity index (χ0n) is 15.8. The number of halogens is 1. The van der Waals surface area contributed by atoms with Crippen LogP contribution in [0, 0.1) is 17.1 Å². The molecular weight excluding hydrogens is 387 g/mol. The van der Waals surface area contributed by atoms with Crippen LogP contribution in [0.15, 0.2) is 60.9 Å². The van der Waals surface area contributed by atoms with Gasteiger partial charge in [0.1, 0.15) is 23.3 Å². The number of aryl methyl sites for hydroxylation is 1. The molecule has 0 bridgehead atoms. The number of benzene rings is 2. The Labute approximate surface area is 170 Å². The molecule has 0 saturated carbocycles. The third kappa shape index (κ3) is 3.74. The number of pyridine rings is 1. The molecule has 0 radical (unpaired) electrons. The Hall–Kier alpha value is -4.45. The standard InChI is InChI=1S/C21H15FN6O2/c1-27-21-5-2-16(8-14(21)12-25-27)28(13-29)26-20-4-3-17(10-19(20)22)30-18-6-7-24-15(9-18)11-23/h2-10,12-13,26H,1H3. The highest BCUT2D eigenvalue weighted by Crippen LogP contribution is 2.27. The molecule has 1 amide bonds. The lowest BCUT2D eigenvalue weighted by atomic mass is 10.2. The van der Waals surface area contributed by atoms with E-state index in [1.165, 1.54) is 29.4 Å². The Morgan fingerprint density at radius 2 is 2.03 bits per heavy atom. The Morgan fingerprint density at radius 1 is 1.20 bits per heavy atom. The predicted molar refractivity (Wildman–Crippen MR) is 108 cm³/mol. The van der Waals surface area contributed by atoms with Gasteiger partial charge in [-0.2, -0.15) is 10.4 Å². The summed E-state index contributed by atoms with van der Waals surface area (Å²) in [5, 5.41) is 15.1. The molecule has 9 heteroatoms.